The first-order valence-corrected chi connectivity index (χ1v) is 12.0. The van der Waals surface area contributed by atoms with E-state index in [-0.39, 0.29) is 11.7 Å². The average molecular weight is 483 g/mol. The van der Waals surface area contributed by atoms with Crippen LogP contribution in [0.3, 0.4) is 0 Å². The molecule has 1 aliphatic carbocycles. The van der Waals surface area contributed by atoms with Crippen LogP contribution in [0.25, 0.3) is 10.9 Å². The summed E-state index contributed by atoms with van der Waals surface area (Å²) in [6, 6.07) is 9.43. The van der Waals surface area contributed by atoms with E-state index in [9.17, 15) is 14.7 Å². The number of H-pyrrole nitrogens is 1. The van der Waals surface area contributed by atoms with Crippen LogP contribution in [0.1, 0.15) is 47.7 Å². The zero-order valence-electron chi connectivity index (χ0n) is 18.7. The Morgan fingerprint density at radius 3 is 2.74 bits per heavy atom. The molecule has 3 aromatic rings. The molecule has 0 spiro atoms. The van der Waals surface area contributed by atoms with Gasteiger partial charge in [0.05, 0.1) is 28.9 Å². The first kappa shape index (κ1) is 22.8. The Morgan fingerprint density at radius 1 is 1.21 bits per heavy atom. The lowest BCUT2D eigenvalue weighted by Crippen LogP contribution is -2.48. The molecule has 34 heavy (non-hydrogen) atoms. The van der Waals surface area contributed by atoms with Gasteiger partial charge >= 0.3 is 0 Å². The van der Waals surface area contributed by atoms with E-state index in [0.29, 0.717) is 22.9 Å². The smallest absolute Gasteiger partial charge is 0.292 e. The summed E-state index contributed by atoms with van der Waals surface area (Å²) in [6.07, 6.45) is 4.95. The van der Waals surface area contributed by atoms with Crippen LogP contribution >= 0.6 is 11.6 Å². The van der Waals surface area contributed by atoms with E-state index in [2.05, 4.69) is 20.4 Å². The molecule has 2 aromatic carbocycles. The molecule has 0 unspecified atom stereocenters. The number of hydrogen-bond donors (Lipinski definition) is 3. The molecule has 2 atom stereocenters. The molecule has 3 N–H and O–H groups in total. The van der Waals surface area contributed by atoms with Crippen molar-refractivity contribution >= 4 is 34.2 Å². The molecule has 8 nitrogen and oxygen atoms in total. The number of benzene rings is 2. The highest BCUT2D eigenvalue weighted by molar-refractivity contribution is 6.43. The number of fused-ring (bicyclic) bond motifs is 1. The number of Topliss-reactive ketones (excluding diaryl/α,β-unsaturated/α-hetero) is 1. The van der Waals surface area contributed by atoms with Gasteiger partial charge in [-0.3, -0.25) is 14.7 Å². The van der Waals surface area contributed by atoms with Gasteiger partial charge in [0.15, 0.2) is 0 Å². The van der Waals surface area contributed by atoms with Crippen molar-refractivity contribution in [2.45, 2.75) is 43.9 Å². The van der Waals surface area contributed by atoms with Crippen molar-refractivity contribution < 1.29 is 19.4 Å². The molecule has 178 valence electrons. The number of ether oxygens (including phenoxy) is 1. The minimum atomic E-state index is -1.04. The molecule has 2 fully saturated rings. The first-order chi connectivity index (χ1) is 16.5. The monoisotopic (exact) mass is 482 g/mol. The van der Waals surface area contributed by atoms with E-state index in [4.69, 9.17) is 16.3 Å². The summed E-state index contributed by atoms with van der Waals surface area (Å²) in [4.78, 5) is 28.0. The van der Waals surface area contributed by atoms with Crippen molar-refractivity contribution in [1.82, 2.24) is 20.4 Å². The van der Waals surface area contributed by atoms with Crippen LogP contribution < -0.4 is 10.1 Å². The second-order valence-corrected chi connectivity index (χ2v) is 9.45. The van der Waals surface area contributed by atoms with Crippen molar-refractivity contribution in [2.24, 2.45) is 0 Å². The Morgan fingerprint density at radius 2 is 2.00 bits per heavy atom. The number of carbonyl (C=O) groups is 2. The van der Waals surface area contributed by atoms with Crippen molar-refractivity contribution in [3.05, 3.63) is 58.7 Å². The van der Waals surface area contributed by atoms with Crippen LogP contribution in [0, 0.1) is 0 Å². The van der Waals surface area contributed by atoms with Gasteiger partial charge < -0.3 is 20.1 Å². The molecule has 0 bridgehead atoms. The Hall–Kier alpha value is -2.94. The maximum Gasteiger partial charge on any atom is 0.292 e. The minimum absolute atomic E-state index is 0.211. The molecule has 1 saturated carbocycles. The van der Waals surface area contributed by atoms with Gasteiger partial charge in [0, 0.05) is 17.5 Å². The zero-order valence-corrected chi connectivity index (χ0v) is 19.4. The number of aliphatic hydroxyl groups is 1. The van der Waals surface area contributed by atoms with Gasteiger partial charge in [-0.2, -0.15) is 5.10 Å². The van der Waals surface area contributed by atoms with Crippen molar-refractivity contribution in [3.8, 4) is 5.75 Å². The predicted octanol–water partition coefficient (Wildman–Crippen LogP) is 3.25. The Labute approximate surface area is 202 Å². The molecule has 1 aromatic heterocycles. The summed E-state index contributed by atoms with van der Waals surface area (Å²) < 4.78 is 5.79. The summed E-state index contributed by atoms with van der Waals surface area (Å²) in [5.74, 6) is -0.830. The summed E-state index contributed by atoms with van der Waals surface area (Å²) in [5.41, 5.74) is 1.61. The van der Waals surface area contributed by atoms with Crippen molar-refractivity contribution in [3.63, 3.8) is 0 Å². The van der Waals surface area contributed by atoms with E-state index in [1.807, 2.05) is 0 Å². The molecule has 2 aliphatic rings. The third-order valence-corrected chi connectivity index (χ3v) is 6.67. The largest absolute Gasteiger partial charge is 0.489 e. The Balaban J connectivity index is 1.33. The molecule has 1 amide bonds. The average Bonchev–Trinajstić information content (AvgIpc) is 3.29. The number of halogens is 1. The van der Waals surface area contributed by atoms with Crippen molar-refractivity contribution in [2.75, 3.05) is 19.6 Å². The van der Waals surface area contributed by atoms with Gasteiger partial charge in [-0.1, -0.05) is 17.7 Å². The predicted molar refractivity (Wildman–Crippen MR) is 128 cm³/mol. The fourth-order valence-electron chi connectivity index (χ4n) is 4.31. The van der Waals surface area contributed by atoms with E-state index >= 15 is 0 Å². The van der Waals surface area contributed by atoms with Crippen LogP contribution in [0.5, 0.6) is 5.75 Å². The third kappa shape index (κ3) is 5.09. The number of hydrogen-bond acceptors (Lipinski definition) is 6. The van der Waals surface area contributed by atoms with Crippen molar-refractivity contribution in [1.29, 1.82) is 0 Å². The summed E-state index contributed by atoms with van der Waals surface area (Å²) in [7, 11) is 0. The van der Waals surface area contributed by atoms with Gasteiger partial charge in [-0.15, -0.1) is 0 Å². The maximum absolute atomic E-state index is 12.9. The van der Waals surface area contributed by atoms with Crippen LogP contribution in [0.4, 0.5) is 0 Å². The number of ketones is 1. The van der Waals surface area contributed by atoms with Crippen LogP contribution in [-0.4, -0.2) is 63.7 Å². The number of nitrogens with zero attached hydrogens (tertiary/aromatic N) is 2. The van der Waals surface area contributed by atoms with E-state index in [0.717, 1.165) is 49.7 Å². The van der Waals surface area contributed by atoms with Gasteiger partial charge in [-0.25, -0.2) is 0 Å². The van der Waals surface area contributed by atoms with Crippen LogP contribution in [-0.2, 0) is 4.79 Å². The van der Waals surface area contributed by atoms with E-state index in [1.165, 1.54) is 0 Å². The topological polar surface area (TPSA) is 108 Å². The number of aromatic nitrogens is 2. The molecular weight excluding hydrogens is 456 g/mol. The summed E-state index contributed by atoms with van der Waals surface area (Å²) in [5, 5.41) is 21.9. The Kier molecular flexibility index (Phi) is 6.54. The van der Waals surface area contributed by atoms with Crippen LogP contribution in [0.2, 0.25) is 5.02 Å². The number of amides is 1. The van der Waals surface area contributed by atoms with Gasteiger partial charge in [0.1, 0.15) is 11.9 Å². The zero-order chi connectivity index (χ0) is 23.7. The van der Waals surface area contributed by atoms with Crippen LogP contribution in [0.15, 0.2) is 42.6 Å². The number of aromatic amines is 1. The highest BCUT2D eigenvalue weighted by Gasteiger charge is 2.30. The Bertz CT molecular complexity index is 1200. The number of carbonyl (C=O) groups excluding carboxylic acids is 2. The summed E-state index contributed by atoms with van der Waals surface area (Å²) in [6.45, 7) is 2.21. The van der Waals surface area contributed by atoms with Gasteiger partial charge in [-0.05, 0) is 74.7 Å². The number of rotatable bonds is 9. The molecule has 1 aliphatic heterocycles. The minimum Gasteiger partial charge on any atom is -0.489 e. The number of aliphatic hydroxyl groups excluding tert-OH is 1. The van der Waals surface area contributed by atoms with E-state index < -0.39 is 23.8 Å². The van der Waals surface area contributed by atoms with Gasteiger partial charge in [0.2, 0.25) is 5.78 Å². The lowest BCUT2D eigenvalue weighted by atomic mass is 10.0. The third-order valence-electron chi connectivity index (χ3n) is 6.38. The maximum atomic E-state index is 12.9. The molecule has 1 saturated heterocycles. The fraction of sp³-hybridized carbons (Fsp3) is 0.400. The first-order valence-electron chi connectivity index (χ1n) is 11.6. The lowest BCUT2D eigenvalue weighted by molar-refractivity contribution is -0.118. The quantitative estimate of drug-likeness (QED) is 0.319. The van der Waals surface area contributed by atoms with E-state index in [1.54, 1.807) is 42.6 Å². The highest BCUT2D eigenvalue weighted by Crippen LogP contribution is 2.34. The fourth-order valence-corrected chi connectivity index (χ4v) is 4.54. The molecule has 2 heterocycles. The molecule has 0 radical (unpaired) electrons. The molecular formula is C25H27ClN4O4. The SMILES string of the molecule is O=C(N[C@H](CN1CCCC1)[C@H](O)c1ccc(OC2CC2)c(Cl)c1)C(=O)c1ccc2[nH]ncc2c1. The number of likely N-dealkylation sites (tertiary alicyclic amines) is 1. The van der Waals surface area contributed by atoms with Gasteiger partial charge in [0.25, 0.3) is 5.91 Å². The molecule has 9 heteroatoms. The normalized spacial score (nSPS) is 18.1. The second-order valence-electron chi connectivity index (χ2n) is 9.04. The lowest BCUT2D eigenvalue weighted by Gasteiger charge is -2.28. The molecule has 5 rings (SSSR count). The highest BCUT2D eigenvalue weighted by atomic mass is 35.5. The standard InChI is InChI=1S/C25H27ClN4O4/c26-19-12-16(4-8-22(19)34-18-5-6-18)23(31)21(14-30-9-1-2-10-30)28-25(33)24(32)15-3-7-20-17(11-15)13-27-29-20/h3-4,7-8,11-13,18,21,23,31H,1-2,5-6,9-10,14H2,(H,27,29)(H,28,33)/t21-,23-/m1/s1. The number of nitrogens with one attached hydrogen (secondary N) is 2. The summed E-state index contributed by atoms with van der Waals surface area (Å²) >= 11 is 6.40. The second kappa shape index (κ2) is 9.74.